The third-order valence-corrected chi connectivity index (χ3v) is 1.03. The molecule has 0 aromatic rings. The summed E-state index contributed by atoms with van der Waals surface area (Å²) in [6.07, 6.45) is 0. The van der Waals surface area contributed by atoms with Crippen LogP contribution in [-0.4, -0.2) is 6.61 Å². The molecule has 0 rings (SSSR count). The van der Waals surface area contributed by atoms with Crippen molar-refractivity contribution >= 4 is 7.82 Å². The first-order valence-corrected chi connectivity index (χ1v) is 4.04. The van der Waals surface area contributed by atoms with Crippen molar-refractivity contribution in [2.24, 2.45) is 5.92 Å². The Morgan fingerprint density at radius 3 is 1.82 bits per heavy atom. The summed E-state index contributed by atoms with van der Waals surface area (Å²) in [6.45, 7) is 3.50. The summed E-state index contributed by atoms with van der Waals surface area (Å²) in [4.78, 5) is 19.6. The average Bonchev–Trinajstić information content (AvgIpc) is 1.59. The number of rotatable bonds is 3. The molecule has 56 valence electrons. The minimum Gasteiger partial charge on any atom is -0.790 e. The van der Waals surface area contributed by atoms with Crippen LogP contribution in [0.5, 0.6) is 0 Å². The first-order valence-electron chi connectivity index (χ1n) is 2.58. The van der Waals surface area contributed by atoms with Crippen LogP contribution in [0.1, 0.15) is 13.8 Å². The van der Waals surface area contributed by atoms with Crippen LogP contribution >= 0.6 is 7.82 Å². The van der Waals surface area contributed by atoms with E-state index < -0.39 is 7.82 Å². The fourth-order valence-electron chi connectivity index (χ4n) is 0.240. The molecular weight excluding hydrogens is 221 g/mol. The van der Waals surface area contributed by atoms with Gasteiger partial charge in [0.05, 0.1) is 14.4 Å². The molecule has 11 heavy (non-hydrogen) atoms. The van der Waals surface area contributed by atoms with Crippen LogP contribution in [0.4, 0.5) is 0 Å². The molecule has 0 aliphatic rings. The van der Waals surface area contributed by atoms with Gasteiger partial charge >= 0.3 is 103 Å². The molecule has 0 spiro atoms. The van der Waals surface area contributed by atoms with E-state index in [2.05, 4.69) is 4.52 Å². The van der Waals surface area contributed by atoms with Gasteiger partial charge in [-0.15, -0.1) is 0 Å². The third kappa shape index (κ3) is 19.7. The van der Waals surface area contributed by atoms with Crippen LogP contribution in [0.2, 0.25) is 0 Å². The Morgan fingerprint density at radius 2 is 1.73 bits per heavy atom. The molecular formula is C4H9K2O4P. The second-order valence-electron chi connectivity index (χ2n) is 2.14. The van der Waals surface area contributed by atoms with Gasteiger partial charge in [-0.3, -0.25) is 0 Å². The van der Waals surface area contributed by atoms with Gasteiger partial charge in [0.2, 0.25) is 0 Å². The molecule has 0 saturated heterocycles. The molecule has 0 aromatic carbocycles. The summed E-state index contributed by atoms with van der Waals surface area (Å²) >= 11 is 0. The molecule has 0 N–H and O–H groups in total. The summed E-state index contributed by atoms with van der Waals surface area (Å²) in [5.41, 5.74) is 0. The van der Waals surface area contributed by atoms with Crippen LogP contribution in [0, 0.1) is 5.92 Å². The summed E-state index contributed by atoms with van der Waals surface area (Å²) in [5, 5.41) is 0. The van der Waals surface area contributed by atoms with Crippen LogP contribution in [-0.2, 0) is 9.09 Å². The third-order valence-electron chi connectivity index (χ3n) is 0.566. The minimum absolute atomic E-state index is 0. The summed E-state index contributed by atoms with van der Waals surface area (Å²) in [5.74, 6) is 0.0706. The van der Waals surface area contributed by atoms with E-state index in [1.54, 1.807) is 13.8 Å². The van der Waals surface area contributed by atoms with E-state index in [1.807, 2.05) is 0 Å². The van der Waals surface area contributed by atoms with Gasteiger partial charge in [-0.2, -0.15) is 0 Å². The molecule has 0 fully saturated rings. The molecule has 7 heteroatoms. The van der Waals surface area contributed by atoms with Gasteiger partial charge < -0.3 is 18.9 Å². The standard InChI is InChI=1S/C4H11O4P.2K/c1-4(2)3-8-9(5,6)7;;/h4H,3H2,1-2H3,(H2,5,6,7);;/q;2*+1/p-2. The molecule has 0 saturated carbocycles. The normalized spacial score (nSPS) is 10.3. The van der Waals surface area contributed by atoms with E-state index in [0.717, 1.165) is 0 Å². The number of hydrogen-bond donors (Lipinski definition) is 0. The molecule has 0 atom stereocenters. The van der Waals surface area contributed by atoms with Gasteiger partial charge in [-0.25, -0.2) is 0 Å². The van der Waals surface area contributed by atoms with Gasteiger partial charge in [-0.05, 0) is 5.92 Å². The van der Waals surface area contributed by atoms with E-state index in [-0.39, 0.29) is 115 Å². The first-order chi connectivity index (χ1) is 3.92. The van der Waals surface area contributed by atoms with Crippen molar-refractivity contribution in [1.82, 2.24) is 0 Å². The Kier molecular flexibility index (Phi) is 17.9. The Morgan fingerprint density at radius 1 is 1.36 bits per heavy atom. The second kappa shape index (κ2) is 9.92. The summed E-state index contributed by atoms with van der Waals surface area (Å²) in [7, 11) is -4.72. The van der Waals surface area contributed by atoms with Crippen LogP contribution < -0.4 is 113 Å². The topological polar surface area (TPSA) is 72.4 Å². The fraction of sp³-hybridized carbons (Fsp3) is 1.00. The number of hydrogen-bond acceptors (Lipinski definition) is 4. The van der Waals surface area contributed by atoms with E-state index in [9.17, 15) is 14.4 Å². The molecule has 0 aliphatic carbocycles. The SMILES string of the molecule is CC(C)COP(=O)([O-])[O-].[K+].[K+]. The molecule has 0 aliphatic heterocycles. The minimum atomic E-state index is -4.72. The van der Waals surface area contributed by atoms with Crippen LogP contribution in [0.15, 0.2) is 0 Å². The van der Waals surface area contributed by atoms with Crippen molar-refractivity contribution in [1.29, 1.82) is 0 Å². The second-order valence-corrected chi connectivity index (χ2v) is 3.29. The smallest absolute Gasteiger partial charge is 0.790 e. The quantitative estimate of drug-likeness (QED) is 0.357. The van der Waals surface area contributed by atoms with E-state index in [0.29, 0.717) is 0 Å². The molecule has 0 aromatic heterocycles. The maximum absolute atomic E-state index is 9.79. The van der Waals surface area contributed by atoms with Gasteiger partial charge in [-0.1, -0.05) is 13.8 Å². The van der Waals surface area contributed by atoms with Crippen molar-refractivity contribution in [3.63, 3.8) is 0 Å². The largest absolute Gasteiger partial charge is 1.00 e. The van der Waals surface area contributed by atoms with Gasteiger partial charge in [0.15, 0.2) is 0 Å². The Balaban J connectivity index is -0.000000320. The molecule has 0 heterocycles. The van der Waals surface area contributed by atoms with Crippen molar-refractivity contribution in [3.05, 3.63) is 0 Å². The number of phosphoric acid groups is 1. The van der Waals surface area contributed by atoms with Gasteiger partial charge in [0.1, 0.15) is 0 Å². The Labute approximate surface area is 152 Å². The average molecular weight is 230 g/mol. The summed E-state index contributed by atoms with van der Waals surface area (Å²) < 4.78 is 13.7. The monoisotopic (exact) mass is 230 g/mol. The predicted molar refractivity (Wildman–Crippen MR) is 28.4 cm³/mol. The zero-order valence-corrected chi connectivity index (χ0v) is 14.5. The van der Waals surface area contributed by atoms with Gasteiger partial charge in [0, 0.05) is 0 Å². The molecule has 4 nitrogen and oxygen atoms in total. The molecule has 0 radical (unpaired) electrons. The first kappa shape index (κ1) is 19.9. The van der Waals surface area contributed by atoms with Crippen molar-refractivity contribution in [2.75, 3.05) is 6.61 Å². The predicted octanol–water partition coefficient (Wildman–Crippen LogP) is -6.50. The van der Waals surface area contributed by atoms with Crippen molar-refractivity contribution in [2.45, 2.75) is 13.8 Å². The Bertz CT molecular complexity index is 123. The van der Waals surface area contributed by atoms with E-state index >= 15 is 0 Å². The van der Waals surface area contributed by atoms with E-state index in [1.165, 1.54) is 0 Å². The van der Waals surface area contributed by atoms with Crippen molar-refractivity contribution in [3.8, 4) is 0 Å². The fourth-order valence-corrected chi connectivity index (χ4v) is 0.721. The zero-order chi connectivity index (χ0) is 7.49. The molecule has 0 unspecified atom stereocenters. The van der Waals surface area contributed by atoms with Crippen molar-refractivity contribution < 1.29 is 122 Å². The zero-order valence-electron chi connectivity index (χ0n) is 7.36. The van der Waals surface area contributed by atoms with Crippen LogP contribution in [0.3, 0.4) is 0 Å². The molecule has 0 amide bonds. The van der Waals surface area contributed by atoms with Gasteiger partial charge in [0.25, 0.3) is 0 Å². The molecule has 0 bridgehead atoms. The maximum atomic E-state index is 9.79. The number of phosphoric ester groups is 1. The van der Waals surface area contributed by atoms with E-state index in [4.69, 9.17) is 0 Å². The Hall–Kier alpha value is 3.38. The summed E-state index contributed by atoms with van der Waals surface area (Å²) in [6, 6.07) is 0. The van der Waals surface area contributed by atoms with Crippen LogP contribution in [0.25, 0.3) is 0 Å². The maximum Gasteiger partial charge on any atom is 1.00 e.